The highest BCUT2D eigenvalue weighted by Crippen LogP contribution is 2.22. The Kier molecular flexibility index (Phi) is 2.72. The number of amides is 1. The van der Waals surface area contributed by atoms with Gasteiger partial charge >= 0.3 is 0 Å². The Labute approximate surface area is 113 Å². The Morgan fingerprint density at radius 2 is 2.26 bits per heavy atom. The van der Waals surface area contributed by atoms with Crippen molar-refractivity contribution >= 4 is 34.4 Å². The minimum Gasteiger partial charge on any atom is -0.340 e. The van der Waals surface area contributed by atoms with Crippen LogP contribution in [0, 0.1) is 0 Å². The Balaban J connectivity index is 2.00. The van der Waals surface area contributed by atoms with Crippen LogP contribution in [0.25, 0.3) is 10.9 Å². The van der Waals surface area contributed by atoms with E-state index < -0.39 is 0 Å². The fourth-order valence-electron chi connectivity index (χ4n) is 1.98. The number of anilines is 1. The van der Waals surface area contributed by atoms with Gasteiger partial charge in [-0.2, -0.15) is 10.1 Å². The molecular weight excluding hydrogens is 266 g/mol. The first kappa shape index (κ1) is 11.7. The second kappa shape index (κ2) is 4.40. The molecule has 0 atom stereocenters. The number of aromatic amines is 1. The number of fused-ring (bicyclic) bond motifs is 1. The standard InChI is InChI=1S/C12H10ClN5O/c1-18-9-3-2-8(13)4-7(9)5-10(18)11(19)16-12-14-6-15-17-12/h2-6H,1H3,(H2,14,15,16,17,19). The normalized spacial score (nSPS) is 10.8. The van der Waals surface area contributed by atoms with Crippen molar-refractivity contribution in [3.05, 3.63) is 41.3 Å². The molecule has 19 heavy (non-hydrogen) atoms. The number of aromatic nitrogens is 4. The van der Waals surface area contributed by atoms with Gasteiger partial charge < -0.3 is 4.57 Å². The number of benzene rings is 1. The van der Waals surface area contributed by atoms with E-state index in [0.29, 0.717) is 16.7 Å². The van der Waals surface area contributed by atoms with Gasteiger partial charge in [-0.05, 0) is 24.3 Å². The summed E-state index contributed by atoms with van der Waals surface area (Å²) in [6.07, 6.45) is 1.33. The van der Waals surface area contributed by atoms with E-state index in [4.69, 9.17) is 11.6 Å². The maximum Gasteiger partial charge on any atom is 0.274 e. The summed E-state index contributed by atoms with van der Waals surface area (Å²) in [5.74, 6) is 0.0554. The number of carbonyl (C=O) groups excluding carboxylic acids is 1. The Morgan fingerprint density at radius 1 is 1.42 bits per heavy atom. The first-order chi connectivity index (χ1) is 9.15. The number of aryl methyl sites for hydroxylation is 1. The largest absolute Gasteiger partial charge is 0.340 e. The zero-order chi connectivity index (χ0) is 13.4. The molecule has 7 heteroatoms. The SMILES string of the molecule is Cn1c(C(=O)Nc2ncn[nH]2)cc2cc(Cl)ccc21. The second-order valence-electron chi connectivity index (χ2n) is 4.08. The Morgan fingerprint density at radius 3 is 3.00 bits per heavy atom. The van der Waals surface area contributed by atoms with Gasteiger partial charge in [-0.1, -0.05) is 11.6 Å². The molecule has 6 nitrogen and oxygen atoms in total. The second-order valence-corrected chi connectivity index (χ2v) is 4.52. The summed E-state index contributed by atoms with van der Waals surface area (Å²) in [4.78, 5) is 16.0. The zero-order valence-corrected chi connectivity index (χ0v) is 10.8. The first-order valence-corrected chi connectivity index (χ1v) is 5.94. The highest BCUT2D eigenvalue weighted by atomic mass is 35.5. The lowest BCUT2D eigenvalue weighted by atomic mass is 10.2. The fourth-order valence-corrected chi connectivity index (χ4v) is 2.16. The van der Waals surface area contributed by atoms with E-state index >= 15 is 0 Å². The Hall–Kier alpha value is -2.34. The van der Waals surface area contributed by atoms with Gasteiger partial charge in [-0.15, -0.1) is 0 Å². The van der Waals surface area contributed by atoms with Crippen molar-refractivity contribution in [3.63, 3.8) is 0 Å². The van der Waals surface area contributed by atoms with E-state index in [9.17, 15) is 4.79 Å². The van der Waals surface area contributed by atoms with Gasteiger partial charge in [0, 0.05) is 23.0 Å². The quantitative estimate of drug-likeness (QED) is 0.753. The van der Waals surface area contributed by atoms with Crippen LogP contribution >= 0.6 is 11.6 Å². The van der Waals surface area contributed by atoms with E-state index in [-0.39, 0.29) is 5.91 Å². The number of rotatable bonds is 2. The molecule has 2 aromatic heterocycles. The van der Waals surface area contributed by atoms with Crippen LogP contribution in [0.4, 0.5) is 5.95 Å². The van der Waals surface area contributed by atoms with Gasteiger partial charge in [0.05, 0.1) is 0 Å². The third-order valence-corrected chi connectivity index (χ3v) is 3.12. The third-order valence-electron chi connectivity index (χ3n) is 2.88. The van der Waals surface area contributed by atoms with Crippen LogP contribution in [-0.2, 0) is 7.05 Å². The average Bonchev–Trinajstić information content (AvgIpc) is 2.97. The van der Waals surface area contributed by atoms with Gasteiger partial charge in [0.15, 0.2) is 0 Å². The average molecular weight is 276 g/mol. The van der Waals surface area contributed by atoms with Gasteiger partial charge in [-0.25, -0.2) is 5.10 Å². The maximum absolute atomic E-state index is 12.1. The highest BCUT2D eigenvalue weighted by molar-refractivity contribution is 6.31. The summed E-state index contributed by atoms with van der Waals surface area (Å²) in [5, 5.41) is 10.4. The predicted octanol–water partition coefficient (Wildman–Crippen LogP) is 2.20. The summed E-state index contributed by atoms with van der Waals surface area (Å²) in [6.45, 7) is 0. The summed E-state index contributed by atoms with van der Waals surface area (Å²) in [6, 6.07) is 7.28. The van der Waals surface area contributed by atoms with Crippen LogP contribution in [0.15, 0.2) is 30.6 Å². The minimum atomic E-state index is -0.258. The zero-order valence-electron chi connectivity index (χ0n) is 10.0. The smallest absolute Gasteiger partial charge is 0.274 e. The molecule has 0 aliphatic heterocycles. The lowest BCUT2D eigenvalue weighted by Crippen LogP contribution is -2.16. The number of nitrogens with one attached hydrogen (secondary N) is 2. The van der Waals surface area contributed by atoms with Crippen LogP contribution in [0.5, 0.6) is 0 Å². The lowest BCUT2D eigenvalue weighted by molar-refractivity contribution is 0.101. The number of hydrogen-bond acceptors (Lipinski definition) is 3. The molecule has 0 bridgehead atoms. The van der Waals surface area contributed by atoms with E-state index in [1.807, 2.05) is 19.2 Å². The summed E-state index contributed by atoms with van der Waals surface area (Å²) >= 11 is 5.94. The molecule has 0 spiro atoms. The summed E-state index contributed by atoms with van der Waals surface area (Å²) in [5.41, 5.74) is 1.46. The molecule has 1 aromatic carbocycles. The fraction of sp³-hybridized carbons (Fsp3) is 0.0833. The Bertz CT molecular complexity index is 747. The van der Waals surface area contributed by atoms with Gasteiger partial charge in [0.2, 0.25) is 5.95 Å². The van der Waals surface area contributed by atoms with Gasteiger partial charge in [0.1, 0.15) is 12.0 Å². The topological polar surface area (TPSA) is 75.6 Å². The van der Waals surface area contributed by atoms with Gasteiger partial charge in [0.25, 0.3) is 5.91 Å². The minimum absolute atomic E-state index is 0.258. The van der Waals surface area contributed by atoms with Crippen molar-refractivity contribution < 1.29 is 4.79 Å². The molecule has 2 heterocycles. The number of H-pyrrole nitrogens is 1. The van der Waals surface area contributed by atoms with Crippen molar-refractivity contribution in [2.45, 2.75) is 0 Å². The lowest BCUT2D eigenvalue weighted by Gasteiger charge is -2.03. The van der Waals surface area contributed by atoms with Crippen molar-refractivity contribution in [2.75, 3.05) is 5.32 Å². The number of hydrogen-bond donors (Lipinski definition) is 2. The molecular formula is C12H10ClN5O. The molecule has 0 saturated heterocycles. The van der Waals surface area contributed by atoms with Crippen LogP contribution in [0.2, 0.25) is 5.02 Å². The van der Waals surface area contributed by atoms with Crippen molar-refractivity contribution in [2.24, 2.45) is 7.05 Å². The van der Waals surface area contributed by atoms with Crippen LogP contribution in [-0.4, -0.2) is 25.7 Å². The molecule has 96 valence electrons. The molecule has 0 saturated carbocycles. The molecule has 1 amide bonds. The third kappa shape index (κ3) is 2.06. The van der Waals surface area contributed by atoms with E-state index in [1.165, 1.54) is 6.33 Å². The number of carbonyl (C=O) groups is 1. The highest BCUT2D eigenvalue weighted by Gasteiger charge is 2.14. The van der Waals surface area contributed by atoms with Crippen LogP contribution < -0.4 is 5.32 Å². The van der Waals surface area contributed by atoms with Gasteiger partial charge in [-0.3, -0.25) is 10.1 Å². The van der Waals surface area contributed by atoms with Crippen molar-refractivity contribution in [1.29, 1.82) is 0 Å². The van der Waals surface area contributed by atoms with Crippen LogP contribution in [0.3, 0.4) is 0 Å². The van der Waals surface area contributed by atoms with E-state index in [0.717, 1.165) is 10.9 Å². The monoisotopic (exact) mass is 275 g/mol. The molecule has 0 fully saturated rings. The molecule has 0 aliphatic carbocycles. The van der Waals surface area contributed by atoms with Crippen LogP contribution in [0.1, 0.15) is 10.5 Å². The molecule has 0 unspecified atom stereocenters. The molecule has 0 radical (unpaired) electrons. The predicted molar refractivity (Wildman–Crippen MR) is 72.3 cm³/mol. The number of halogens is 1. The first-order valence-electron chi connectivity index (χ1n) is 5.57. The van der Waals surface area contributed by atoms with E-state index in [2.05, 4.69) is 20.5 Å². The molecule has 3 aromatic rings. The maximum atomic E-state index is 12.1. The molecule has 3 rings (SSSR count). The van der Waals surface area contributed by atoms with Crippen molar-refractivity contribution in [1.82, 2.24) is 19.7 Å². The van der Waals surface area contributed by atoms with E-state index in [1.54, 1.807) is 16.7 Å². The molecule has 2 N–H and O–H groups in total. The summed E-state index contributed by atoms with van der Waals surface area (Å²) in [7, 11) is 1.82. The van der Waals surface area contributed by atoms with Crippen molar-refractivity contribution in [3.8, 4) is 0 Å². The summed E-state index contributed by atoms with van der Waals surface area (Å²) < 4.78 is 1.80. The number of nitrogens with zero attached hydrogens (tertiary/aromatic N) is 3. The molecule has 0 aliphatic rings.